The lowest BCUT2D eigenvalue weighted by Crippen LogP contribution is -2.43. The molecule has 0 aliphatic heterocycles. The minimum Gasteiger partial charge on any atom is -0.484 e. The quantitative estimate of drug-likeness (QED) is 0.358. The number of ether oxygens (including phenoxy) is 1. The van der Waals surface area contributed by atoms with Gasteiger partial charge in [0.2, 0.25) is 5.91 Å². The lowest BCUT2D eigenvalue weighted by atomic mass is 10.0. The van der Waals surface area contributed by atoms with Gasteiger partial charge in [-0.1, -0.05) is 35.9 Å². The zero-order chi connectivity index (χ0) is 23.0. The number of rotatable bonds is 8. The van der Waals surface area contributed by atoms with E-state index in [0.29, 0.717) is 18.6 Å². The Morgan fingerprint density at radius 1 is 0.970 bits per heavy atom. The van der Waals surface area contributed by atoms with E-state index in [0.717, 1.165) is 27.9 Å². The molecule has 4 rings (SSSR count). The average molecular weight is 443 g/mol. The third kappa shape index (κ3) is 5.77. The second-order valence-electron chi connectivity index (χ2n) is 7.79. The van der Waals surface area contributed by atoms with Crippen molar-refractivity contribution in [1.29, 1.82) is 0 Å². The van der Waals surface area contributed by atoms with Gasteiger partial charge in [-0.2, -0.15) is 0 Å². The van der Waals surface area contributed by atoms with Crippen LogP contribution in [0.15, 0.2) is 72.9 Å². The lowest BCUT2D eigenvalue weighted by molar-refractivity contribution is -0.130. The lowest BCUT2D eigenvalue weighted by Gasteiger charge is -2.09. The highest BCUT2D eigenvalue weighted by Crippen LogP contribution is 2.31. The minimum absolute atomic E-state index is 0.174. The first kappa shape index (κ1) is 22.1. The van der Waals surface area contributed by atoms with Crippen molar-refractivity contribution in [1.82, 2.24) is 20.8 Å². The maximum absolute atomic E-state index is 12.2. The first-order chi connectivity index (χ1) is 16.1. The molecule has 2 aromatic carbocycles. The standard InChI is InChI=1S/C26H26N4O3/c1-18-13-14-22-21(16-18)20(26(28-22)23-11-5-6-15-27-23)10-7-12-24(31)29-30-25(32)17-33-19-8-3-2-4-9-19/h2-6,8-9,11,13-16,28H,7,10,12,17H2,1H3,(H,29,31)(H,30,32). The molecule has 7 nitrogen and oxygen atoms in total. The Morgan fingerprint density at radius 3 is 2.55 bits per heavy atom. The molecule has 0 saturated heterocycles. The summed E-state index contributed by atoms with van der Waals surface area (Å²) in [4.78, 5) is 32.1. The molecule has 2 aromatic heterocycles. The van der Waals surface area contributed by atoms with Crippen LogP contribution >= 0.6 is 0 Å². The van der Waals surface area contributed by atoms with E-state index in [-0.39, 0.29) is 18.9 Å². The SMILES string of the molecule is Cc1ccc2[nH]c(-c3ccccn3)c(CCCC(=O)NNC(=O)COc3ccccc3)c2c1. The van der Waals surface area contributed by atoms with Gasteiger partial charge >= 0.3 is 0 Å². The number of aromatic nitrogens is 2. The van der Waals surface area contributed by atoms with Crippen LogP contribution < -0.4 is 15.6 Å². The van der Waals surface area contributed by atoms with Crippen LogP contribution in [0.2, 0.25) is 0 Å². The van der Waals surface area contributed by atoms with Crippen LogP contribution in [0.4, 0.5) is 0 Å². The summed E-state index contributed by atoms with van der Waals surface area (Å²) in [6.45, 7) is 1.89. The molecule has 0 aliphatic rings. The van der Waals surface area contributed by atoms with Crippen molar-refractivity contribution in [3.8, 4) is 17.1 Å². The van der Waals surface area contributed by atoms with E-state index in [1.54, 1.807) is 18.3 Å². The van der Waals surface area contributed by atoms with Gasteiger partial charge in [-0.3, -0.25) is 25.4 Å². The zero-order valence-corrected chi connectivity index (χ0v) is 18.4. The topological polar surface area (TPSA) is 96.1 Å². The number of fused-ring (bicyclic) bond motifs is 1. The first-order valence-corrected chi connectivity index (χ1v) is 10.9. The van der Waals surface area contributed by atoms with Crippen molar-refractivity contribution in [2.75, 3.05) is 6.61 Å². The predicted molar refractivity (Wildman–Crippen MR) is 127 cm³/mol. The van der Waals surface area contributed by atoms with Gasteiger partial charge < -0.3 is 9.72 Å². The molecular weight excluding hydrogens is 416 g/mol. The molecule has 7 heteroatoms. The Balaban J connectivity index is 1.32. The van der Waals surface area contributed by atoms with E-state index in [9.17, 15) is 9.59 Å². The van der Waals surface area contributed by atoms with Crippen LogP contribution in [0.5, 0.6) is 5.75 Å². The highest BCUT2D eigenvalue weighted by atomic mass is 16.5. The summed E-state index contributed by atoms with van der Waals surface area (Å²) in [6.07, 6.45) is 3.38. The average Bonchev–Trinajstić information content (AvgIpc) is 3.20. The van der Waals surface area contributed by atoms with Gasteiger partial charge in [0.05, 0.1) is 11.4 Å². The van der Waals surface area contributed by atoms with Crippen LogP contribution in [0.25, 0.3) is 22.3 Å². The van der Waals surface area contributed by atoms with Crippen LogP contribution in [0.3, 0.4) is 0 Å². The summed E-state index contributed by atoms with van der Waals surface area (Å²) in [5.41, 5.74) is 10.1. The fourth-order valence-corrected chi connectivity index (χ4v) is 3.68. The van der Waals surface area contributed by atoms with Gasteiger partial charge in [0.1, 0.15) is 5.75 Å². The van der Waals surface area contributed by atoms with Crippen molar-refractivity contribution in [2.24, 2.45) is 0 Å². The largest absolute Gasteiger partial charge is 0.484 e. The van der Waals surface area contributed by atoms with Crippen LogP contribution in [0.1, 0.15) is 24.0 Å². The fourth-order valence-electron chi connectivity index (χ4n) is 3.68. The molecule has 3 N–H and O–H groups in total. The molecule has 0 spiro atoms. The second-order valence-corrected chi connectivity index (χ2v) is 7.79. The number of hydrogen-bond donors (Lipinski definition) is 3. The summed E-state index contributed by atoms with van der Waals surface area (Å²) in [6, 6.07) is 21.1. The van der Waals surface area contributed by atoms with E-state index >= 15 is 0 Å². The molecule has 0 unspecified atom stereocenters. The minimum atomic E-state index is -0.420. The van der Waals surface area contributed by atoms with Gasteiger partial charge in [0.25, 0.3) is 5.91 Å². The predicted octanol–water partition coefficient (Wildman–Crippen LogP) is 4.09. The summed E-state index contributed by atoms with van der Waals surface area (Å²) < 4.78 is 5.36. The molecule has 0 saturated carbocycles. The maximum atomic E-state index is 12.2. The van der Waals surface area contributed by atoms with Crippen molar-refractivity contribution < 1.29 is 14.3 Å². The van der Waals surface area contributed by atoms with Crippen molar-refractivity contribution in [3.05, 3.63) is 84.1 Å². The number of aromatic amines is 1. The van der Waals surface area contributed by atoms with E-state index in [1.165, 1.54) is 5.56 Å². The zero-order valence-electron chi connectivity index (χ0n) is 18.4. The van der Waals surface area contributed by atoms with E-state index in [1.807, 2.05) is 36.4 Å². The fraction of sp³-hybridized carbons (Fsp3) is 0.192. The number of nitrogens with one attached hydrogen (secondary N) is 3. The number of amides is 2. The van der Waals surface area contributed by atoms with Crippen LogP contribution in [-0.2, 0) is 16.0 Å². The number of aryl methyl sites for hydroxylation is 2. The monoisotopic (exact) mass is 442 g/mol. The van der Waals surface area contributed by atoms with E-state index in [2.05, 4.69) is 45.9 Å². The van der Waals surface area contributed by atoms with Crippen molar-refractivity contribution in [2.45, 2.75) is 26.2 Å². The second kappa shape index (κ2) is 10.5. The molecule has 0 aliphatic carbocycles. The summed E-state index contributed by atoms with van der Waals surface area (Å²) in [7, 11) is 0. The number of para-hydroxylation sites is 1. The molecule has 0 fully saturated rings. The number of nitrogens with zero attached hydrogens (tertiary/aromatic N) is 1. The van der Waals surface area contributed by atoms with Gasteiger partial charge in [0, 0.05) is 23.5 Å². The molecule has 4 aromatic rings. The molecule has 0 bridgehead atoms. The third-order valence-electron chi connectivity index (χ3n) is 5.27. The molecular formula is C26H26N4O3. The van der Waals surface area contributed by atoms with E-state index in [4.69, 9.17) is 4.74 Å². The highest BCUT2D eigenvalue weighted by molar-refractivity contribution is 5.90. The van der Waals surface area contributed by atoms with Crippen molar-refractivity contribution in [3.63, 3.8) is 0 Å². The number of hydrogen-bond acceptors (Lipinski definition) is 4. The highest BCUT2D eigenvalue weighted by Gasteiger charge is 2.15. The molecule has 0 radical (unpaired) electrons. The van der Waals surface area contributed by atoms with Gasteiger partial charge in [-0.25, -0.2) is 0 Å². The summed E-state index contributed by atoms with van der Waals surface area (Å²) in [5.74, 6) is -0.0770. The molecule has 0 atom stereocenters. The molecule has 168 valence electrons. The van der Waals surface area contributed by atoms with Crippen LogP contribution in [-0.4, -0.2) is 28.4 Å². The Kier molecular flexibility index (Phi) is 6.99. The number of hydrazine groups is 1. The molecule has 33 heavy (non-hydrogen) atoms. The Bertz CT molecular complexity index is 1240. The molecule has 2 heterocycles. The number of benzene rings is 2. The van der Waals surface area contributed by atoms with Gasteiger partial charge in [-0.15, -0.1) is 0 Å². The maximum Gasteiger partial charge on any atom is 0.276 e. The number of carbonyl (C=O) groups is 2. The number of H-pyrrole nitrogens is 1. The van der Waals surface area contributed by atoms with Gasteiger partial charge in [0.15, 0.2) is 6.61 Å². The Hall–Kier alpha value is -4.13. The Morgan fingerprint density at radius 2 is 1.76 bits per heavy atom. The normalized spacial score (nSPS) is 10.7. The number of carbonyl (C=O) groups excluding carboxylic acids is 2. The van der Waals surface area contributed by atoms with Crippen molar-refractivity contribution >= 4 is 22.7 Å². The smallest absolute Gasteiger partial charge is 0.276 e. The van der Waals surface area contributed by atoms with Crippen LogP contribution in [0, 0.1) is 6.92 Å². The Labute approximate surface area is 192 Å². The number of pyridine rings is 1. The summed E-state index contributed by atoms with van der Waals surface area (Å²) in [5, 5.41) is 1.14. The van der Waals surface area contributed by atoms with Gasteiger partial charge in [-0.05, 0) is 61.7 Å². The molecule has 2 amide bonds. The third-order valence-corrected chi connectivity index (χ3v) is 5.27. The first-order valence-electron chi connectivity index (χ1n) is 10.9. The summed E-state index contributed by atoms with van der Waals surface area (Å²) >= 11 is 0. The van der Waals surface area contributed by atoms with E-state index < -0.39 is 5.91 Å².